The maximum atomic E-state index is 12.3. The summed E-state index contributed by atoms with van der Waals surface area (Å²) in [5, 5.41) is 8.82. The SMILES string of the molecule is C[C@@H](CCCC(=O)N1C(=O)OCC1c1ccccc1)C(=O)O. The van der Waals surface area contributed by atoms with Gasteiger partial charge < -0.3 is 9.84 Å². The minimum atomic E-state index is -0.879. The van der Waals surface area contributed by atoms with Crippen LogP contribution in [0.25, 0.3) is 0 Å². The summed E-state index contributed by atoms with van der Waals surface area (Å²) < 4.78 is 4.99. The fourth-order valence-electron chi connectivity index (χ4n) is 2.42. The van der Waals surface area contributed by atoms with Crippen LogP contribution in [-0.4, -0.2) is 34.6 Å². The van der Waals surface area contributed by atoms with Crippen LogP contribution in [0.1, 0.15) is 37.8 Å². The molecule has 0 radical (unpaired) electrons. The monoisotopic (exact) mass is 305 g/mol. The Morgan fingerprint density at radius 3 is 2.68 bits per heavy atom. The number of amides is 2. The normalized spacial score (nSPS) is 18.9. The highest BCUT2D eigenvalue weighted by Crippen LogP contribution is 2.28. The van der Waals surface area contributed by atoms with E-state index in [0.717, 1.165) is 10.5 Å². The van der Waals surface area contributed by atoms with E-state index in [2.05, 4.69) is 0 Å². The lowest BCUT2D eigenvalue weighted by molar-refractivity contribution is -0.141. The van der Waals surface area contributed by atoms with Crippen LogP contribution in [0.4, 0.5) is 4.79 Å². The van der Waals surface area contributed by atoms with Gasteiger partial charge in [-0.05, 0) is 18.4 Å². The summed E-state index contributed by atoms with van der Waals surface area (Å²) >= 11 is 0. The Hall–Kier alpha value is -2.37. The molecule has 22 heavy (non-hydrogen) atoms. The summed E-state index contributed by atoms with van der Waals surface area (Å²) in [7, 11) is 0. The molecular formula is C16H19NO5. The molecule has 0 aliphatic carbocycles. The highest BCUT2D eigenvalue weighted by Gasteiger charge is 2.38. The second-order valence-electron chi connectivity index (χ2n) is 5.40. The lowest BCUT2D eigenvalue weighted by atomic mass is 10.0. The standard InChI is InChI=1S/C16H19NO5/c1-11(15(19)20)6-5-9-14(18)17-13(10-22-16(17)21)12-7-3-2-4-8-12/h2-4,7-8,11,13H,5-6,9-10H2,1H3,(H,19,20)/t11-,13?/m0/s1. The molecule has 1 aromatic carbocycles. The lowest BCUT2D eigenvalue weighted by Gasteiger charge is -2.20. The van der Waals surface area contributed by atoms with Crippen molar-refractivity contribution in [3.05, 3.63) is 35.9 Å². The van der Waals surface area contributed by atoms with Crippen LogP contribution in [-0.2, 0) is 14.3 Å². The van der Waals surface area contributed by atoms with Crippen LogP contribution >= 0.6 is 0 Å². The number of cyclic esters (lactones) is 1. The van der Waals surface area contributed by atoms with Gasteiger partial charge in [-0.3, -0.25) is 9.59 Å². The summed E-state index contributed by atoms with van der Waals surface area (Å²) in [4.78, 5) is 36.0. The van der Waals surface area contributed by atoms with E-state index in [9.17, 15) is 14.4 Å². The van der Waals surface area contributed by atoms with Gasteiger partial charge in [-0.1, -0.05) is 37.3 Å². The van der Waals surface area contributed by atoms with Crippen LogP contribution in [0.3, 0.4) is 0 Å². The third-order valence-corrected chi connectivity index (χ3v) is 3.78. The molecule has 1 N–H and O–H groups in total. The van der Waals surface area contributed by atoms with Crippen molar-refractivity contribution in [2.75, 3.05) is 6.61 Å². The molecule has 2 amide bonds. The fourth-order valence-corrected chi connectivity index (χ4v) is 2.42. The Balaban J connectivity index is 1.97. The zero-order valence-electron chi connectivity index (χ0n) is 12.4. The van der Waals surface area contributed by atoms with E-state index < -0.39 is 24.0 Å². The molecule has 6 nitrogen and oxygen atoms in total. The van der Waals surface area contributed by atoms with Gasteiger partial charge in [-0.15, -0.1) is 0 Å². The van der Waals surface area contributed by atoms with Crippen LogP contribution in [0.5, 0.6) is 0 Å². The number of carbonyl (C=O) groups excluding carboxylic acids is 2. The maximum Gasteiger partial charge on any atom is 0.417 e. The van der Waals surface area contributed by atoms with Gasteiger partial charge >= 0.3 is 12.1 Å². The summed E-state index contributed by atoms with van der Waals surface area (Å²) in [6.45, 7) is 1.75. The molecule has 0 bridgehead atoms. The number of carboxylic acids is 1. The van der Waals surface area contributed by atoms with Crippen molar-refractivity contribution < 1.29 is 24.2 Å². The van der Waals surface area contributed by atoms with Gasteiger partial charge in [0.05, 0.1) is 5.92 Å². The number of ether oxygens (including phenoxy) is 1. The number of benzene rings is 1. The molecule has 1 fully saturated rings. The van der Waals surface area contributed by atoms with Crippen molar-refractivity contribution in [1.29, 1.82) is 0 Å². The van der Waals surface area contributed by atoms with Crippen molar-refractivity contribution in [3.63, 3.8) is 0 Å². The van der Waals surface area contributed by atoms with Gasteiger partial charge in [-0.25, -0.2) is 9.69 Å². The van der Waals surface area contributed by atoms with Crippen molar-refractivity contribution in [2.45, 2.75) is 32.2 Å². The number of hydrogen-bond acceptors (Lipinski definition) is 4. The Morgan fingerprint density at radius 1 is 1.36 bits per heavy atom. The fraction of sp³-hybridized carbons (Fsp3) is 0.438. The molecule has 118 valence electrons. The number of carboxylic acid groups (broad SMARTS) is 1. The topological polar surface area (TPSA) is 83.9 Å². The van der Waals surface area contributed by atoms with E-state index in [1.165, 1.54) is 0 Å². The van der Waals surface area contributed by atoms with E-state index >= 15 is 0 Å². The van der Waals surface area contributed by atoms with E-state index in [1.807, 2.05) is 30.3 Å². The van der Waals surface area contributed by atoms with E-state index in [4.69, 9.17) is 9.84 Å². The van der Waals surface area contributed by atoms with Crippen molar-refractivity contribution >= 4 is 18.0 Å². The third-order valence-electron chi connectivity index (χ3n) is 3.78. The zero-order valence-corrected chi connectivity index (χ0v) is 12.4. The lowest BCUT2D eigenvalue weighted by Crippen LogP contribution is -2.34. The largest absolute Gasteiger partial charge is 0.481 e. The van der Waals surface area contributed by atoms with Crippen LogP contribution in [0, 0.1) is 5.92 Å². The number of hydrogen-bond donors (Lipinski definition) is 1. The van der Waals surface area contributed by atoms with Crippen molar-refractivity contribution in [3.8, 4) is 0 Å². The van der Waals surface area contributed by atoms with E-state index in [1.54, 1.807) is 6.92 Å². The third kappa shape index (κ3) is 3.63. The molecule has 1 aliphatic heterocycles. The Labute approximate surface area is 128 Å². The molecule has 0 saturated carbocycles. The molecular weight excluding hydrogens is 286 g/mol. The van der Waals surface area contributed by atoms with Gasteiger partial charge in [0.2, 0.25) is 5.91 Å². The minimum Gasteiger partial charge on any atom is -0.481 e. The number of nitrogens with zero attached hydrogens (tertiary/aromatic N) is 1. The molecule has 0 aromatic heterocycles. The molecule has 2 atom stereocenters. The Morgan fingerprint density at radius 2 is 2.05 bits per heavy atom. The summed E-state index contributed by atoms with van der Waals surface area (Å²) in [5.74, 6) is -1.70. The van der Waals surface area contributed by atoms with Crippen LogP contribution in [0.2, 0.25) is 0 Å². The molecule has 1 aromatic rings. The first-order chi connectivity index (χ1) is 10.5. The summed E-state index contributed by atoms with van der Waals surface area (Å²) in [6.07, 6.45) is 0.332. The predicted molar refractivity (Wildman–Crippen MR) is 78.0 cm³/mol. The first kappa shape index (κ1) is 16.0. The number of aliphatic carboxylic acids is 1. The van der Waals surface area contributed by atoms with Crippen LogP contribution < -0.4 is 0 Å². The van der Waals surface area contributed by atoms with Crippen molar-refractivity contribution in [1.82, 2.24) is 4.90 Å². The van der Waals surface area contributed by atoms with Gasteiger partial charge in [0.25, 0.3) is 0 Å². The van der Waals surface area contributed by atoms with Gasteiger partial charge in [0.15, 0.2) is 0 Å². The van der Waals surface area contributed by atoms with Gasteiger partial charge in [0.1, 0.15) is 12.6 Å². The second-order valence-corrected chi connectivity index (χ2v) is 5.40. The van der Waals surface area contributed by atoms with Crippen LogP contribution in [0.15, 0.2) is 30.3 Å². The summed E-state index contributed by atoms with van der Waals surface area (Å²) in [6, 6.07) is 8.84. The highest BCUT2D eigenvalue weighted by atomic mass is 16.6. The average molecular weight is 305 g/mol. The molecule has 1 unspecified atom stereocenters. The molecule has 1 aliphatic rings. The molecule has 0 spiro atoms. The first-order valence-corrected chi connectivity index (χ1v) is 7.27. The minimum absolute atomic E-state index is 0.135. The Kier molecular flexibility index (Phi) is 5.14. The summed E-state index contributed by atoms with van der Waals surface area (Å²) in [5.41, 5.74) is 0.848. The molecule has 6 heteroatoms. The van der Waals surface area contributed by atoms with Gasteiger partial charge in [0, 0.05) is 6.42 Å². The highest BCUT2D eigenvalue weighted by molar-refractivity contribution is 5.93. The first-order valence-electron chi connectivity index (χ1n) is 7.27. The molecule has 1 heterocycles. The van der Waals surface area contributed by atoms with E-state index in [-0.39, 0.29) is 18.9 Å². The number of imide groups is 1. The second kappa shape index (κ2) is 7.06. The predicted octanol–water partition coefficient (Wildman–Crippen LogP) is 2.60. The smallest absolute Gasteiger partial charge is 0.417 e. The van der Waals surface area contributed by atoms with Gasteiger partial charge in [-0.2, -0.15) is 0 Å². The molecule has 1 saturated heterocycles. The van der Waals surface area contributed by atoms with E-state index in [0.29, 0.717) is 12.8 Å². The number of rotatable bonds is 6. The number of carbonyl (C=O) groups is 3. The zero-order chi connectivity index (χ0) is 16.1. The van der Waals surface area contributed by atoms with Crippen molar-refractivity contribution in [2.24, 2.45) is 5.92 Å². The Bertz CT molecular complexity index is 557. The maximum absolute atomic E-state index is 12.3. The quantitative estimate of drug-likeness (QED) is 0.873. The molecule has 2 rings (SSSR count). The average Bonchev–Trinajstić information content (AvgIpc) is 2.89.